The second-order valence-corrected chi connectivity index (χ2v) is 5.52. The number of anilines is 1. The molecule has 1 aromatic carbocycles. The van der Waals surface area contributed by atoms with Crippen LogP contribution in [0.15, 0.2) is 18.2 Å². The third-order valence-corrected chi connectivity index (χ3v) is 3.90. The first-order valence-corrected chi connectivity index (χ1v) is 6.88. The molecule has 0 saturated heterocycles. The second-order valence-electron chi connectivity index (χ2n) is 5.12. The lowest BCUT2D eigenvalue weighted by molar-refractivity contribution is 0.0381. The van der Waals surface area contributed by atoms with Gasteiger partial charge in [-0.2, -0.15) is 0 Å². The van der Waals surface area contributed by atoms with Gasteiger partial charge in [-0.1, -0.05) is 37.3 Å². The van der Waals surface area contributed by atoms with Crippen molar-refractivity contribution >= 4 is 17.3 Å². The molecular weight excluding hydrogens is 253 g/mol. The van der Waals surface area contributed by atoms with Crippen LogP contribution in [0, 0.1) is 5.82 Å². The summed E-state index contributed by atoms with van der Waals surface area (Å²) < 4.78 is 13.1. The van der Waals surface area contributed by atoms with Crippen LogP contribution in [0.25, 0.3) is 0 Å². The number of aliphatic hydroxyl groups is 1. The van der Waals surface area contributed by atoms with Crippen LogP contribution in [-0.2, 0) is 0 Å². The topological polar surface area (TPSA) is 32.3 Å². The van der Waals surface area contributed by atoms with Crippen molar-refractivity contribution in [1.29, 1.82) is 0 Å². The Bertz CT molecular complexity index is 403. The number of hydrogen-bond acceptors (Lipinski definition) is 2. The smallest absolute Gasteiger partial charge is 0.125 e. The van der Waals surface area contributed by atoms with Gasteiger partial charge in [-0.15, -0.1) is 0 Å². The first kappa shape index (κ1) is 13.6. The van der Waals surface area contributed by atoms with Crippen LogP contribution in [0.3, 0.4) is 0 Å². The minimum Gasteiger partial charge on any atom is -0.388 e. The summed E-state index contributed by atoms with van der Waals surface area (Å²) >= 11 is 5.98. The molecule has 4 heteroatoms. The van der Waals surface area contributed by atoms with E-state index in [1.54, 1.807) is 0 Å². The Morgan fingerprint density at radius 3 is 2.56 bits per heavy atom. The van der Waals surface area contributed by atoms with Gasteiger partial charge in [0.1, 0.15) is 5.82 Å². The third kappa shape index (κ3) is 3.59. The van der Waals surface area contributed by atoms with Gasteiger partial charge < -0.3 is 10.4 Å². The molecule has 1 aliphatic carbocycles. The van der Waals surface area contributed by atoms with Gasteiger partial charge in [-0.05, 0) is 31.0 Å². The van der Waals surface area contributed by atoms with Gasteiger partial charge in [0.15, 0.2) is 0 Å². The maximum atomic E-state index is 13.1. The third-order valence-electron chi connectivity index (χ3n) is 3.57. The molecule has 0 aromatic heterocycles. The quantitative estimate of drug-likeness (QED) is 0.815. The van der Waals surface area contributed by atoms with Crippen LogP contribution < -0.4 is 5.32 Å². The number of benzene rings is 1. The van der Waals surface area contributed by atoms with Crippen molar-refractivity contribution in [3.05, 3.63) is 29.0 Å². The molecule has 1 saturated carbocycles. The minimum absolute atomic E-state index is 0.324. The normalized spacial score (nSPS) is 19.3. The van der Waals surface area contributed by atoms with Gasteiger partial charge in [0.2, 0.25) is 0 Å². The zero-order chi connectivity index (χ0) is 13.0. The van der Waals surface area contributed by atoms with Crippen LogP contribution in [-0.4, -0.2) is 17.3 Å². The minimum atomic E-state index is -0.688. The highest BCUT2D eigenvalue weighted by atomic mass is 35.5. The highest BCUT2D eigenvalue weighted by molar-refractivity contribution is 6.33. The van der Waals surface area contributed by atoms with Gasteiger partial charge in [0.05, 0.1) is 16.3 Å². The van der Waals surface area contributed by atoms with Crippen LogP contribution >= 0.6 is 11.6 Å². The first-order chi connectivity index (χ1) is 8.59. The molecule has 0 spiro atoms. The van der Waals surface area contributed by atoms with Crippen molar-refractivity contribution in [3.8, 4) is 0 Å². The van der Waals surface area contributed by atoms with Crippen molar-refractivity contribution in [1.82, 2.24) is 0 Å². The van der Waals surface area contributed by atoms with Crippen molar-refractivity contribution in [2.24, 2.45) is 0 Å². The van der Waals surface area contributed by atoms with E-state index in [4.69, 9.17) is 11.6 Å². The summed E-state index contributed by atoms with van der Waals surface area (Å²) in [5.74, 6) is -0.324. The van der Waals surface area contributed by atoms with Crippen molar-refractivity contribution in [3.63, 3.8) is 0 Å². The molecule has 18 heavy (non-hydrogen) atoms. The van der Waals surface area contributed by atoms with Gasteiger partial charge in [0.25, 0.3) is 0 Å². The van der Waals surface area contributed by atoms with E-state index in [1.165, 1.54) is 31.0 Å². The summed E-state index contributed by atoms with van der Waals surface area (Å²) in [6, 6.07) is 4.21. The summed E-state index contributed by atoms with van der Waals surface area (Å²) in [6.45, 7) is 0.427. The summed E-state index contributed by atoms with van der Waals surface area (Å²) in [6.07, 6.45) is 6.07. The molecule has 0 atom stereocenters. The van der Waals surface area contributed by atoms with Gasteiger partial charge >= 0.3 is 0 Å². The maximum absolute atomic E-state index is 13.1. The number of rotatable bonds is 3. The van der Waals surface area contributed by atoms with Crippen LogP contribution in [0.4, 0.5) is 10.1 Å². The Balaban J connectivity index is 1.99. The fraction of sp³-hybridized carbons (Fsp3) is 0.571. The Kier molecular flexibility index (Phi) is 4.46. The molecular formula is C14H19ClFNO. The summed E-state index contributed by atoms with van der Waals surface area (Å²) in [5.41, 5.74) is -0.138. The highest BCUT2D eigenvalue weighted by Crippen LogP contribution is 2.29. The van der Waals surface area contributed by atoms with Gasteiger partial charge in [-0.3, -0.25) is 0 Å². The molecule has 2 nitrogen and oxygen atoms in total. The van der Waals surface area contributed by atoms with Crippen molar-refractivity contribution in [2.45, 2.75) is 44.1 Å². The molecule has 1 aromatic rings. The molecule has 2 rings (SSSR count). The number of nitrogens with one attached hydrogen (secondary N) is 1. The molecule has 0 radical (unpaired) electrons. The molecule has 0 amide bonds. The van der Waals surface area contributed by atoms with Crippen LogP contribution in [0.2, 0.25) is 5.02 Å². The highest BCUT2D eigenvalue weighted by Gasteiger charge is 2.27. The summed E-state index contributed by atoms with van der Waals surface area (Å²) in [5, 5.41) is 14.0. The fourth-order valence-corrected chi connectivity index (χ4v) is 2.64. The number of hydrogen-bond donors (Lipinski definition) is 2. The van der Waals surface area contributed by atoms with Gasteiger partial charge in [0, 0.05) is 6.54 Å². The lowest BCUT2D eigenvalue weighted by Gasteiger charge is -2.27. The predicted octanol–water partition coefficient (Wildman–Crippen LogP) is 3.98. The molecule has 0 aliphatic heterocycles. The van der Waals surface area contributed by atoms with Crippen LogP contribution in [0.5, 0.6) is 0 Å². The maximum Gasteiger partial charge on any atom is 0.125 e. The Morgan fingerprint density at radius 1 is 1.22 bits per heavy atom. The van der Waals surface area contributed by atoms with E-state index in [9.17, 15) is 9.50 Å². The molecule has 1 aliphatic rings. The van der Waals surface area contributed by atoms with E-state index in [0.717, 1.165) is 25.7 Å². The average molecular weight is 272 g/mol. The van der Waals surface area contributed by atoms with E-state index < -0.39 is 5.60 Å². The van der Waals surface area contributed by atoms with Gasteiger partial charge in [-0.25, -0.2) is 4.39 Å². The van der Waals surface area contributed by atoms with Crippen molar-refractivity contribution in [2.75, 3.05) is 11.9 Å². The van der Waals surface area contributed by atoms with Crippen molar-refractivity contribution < 1.29 is 9.50 Å². The van der Waals surface area contributed by atoms with Crippen LogP contribution in [0.1, 0.15) is 38.5 Å². The molecule has 1 fully saturated rings. The molecule has 100 valence electrons. The standard InChI is InChI=1S/C14H19ClFNO/c15-12-6-5-11(16)9-13(12)17-10-14(18)7-3-1-2-4-8-14/h5-6,9,17-18H,1-4,7-8,10H2. The van der Waals surface area contributed by atoms with E-state index in [2.05, 4.69) is 5.32 Å². The second kappa shape index (κ2) is 5.89. The molecule has 0 unspecified atom stereocenters. The van der Waals surface area contributed by atoms with E-state index in [-0.39, 0.29) is 5.82 Å². The summed E-state index contributed by atoms with van der Waals surface area (Å²) in [4.78, 5) is 0. The Labute approximate surface area is 112 Å². The number of halogens is 2. The first-order valence-electron chi connectivity index (χ1n) is 6.50. The zero-order valence-electron chi connectivity index (χ0n) is 10.4. The predicted molar refractivity (Wildman–Crippen MR) is 72.6 cm³/mol. The zero-order valence-corrected chi connectivity index (χ0v) is 11.1. The molecule has 0 heterocycles. The average Bonchev–Trinajstić information content (AvgIpc) is 2.56. The Hall–Kier alpha value is -0.800. The van der Waals surface area contributed by atoms with E-state index in [1.807, 2.05) is 0 Å². The molecule has 2 N–H and O–H groups in total. The SMILES string of the molecule is OC1(CNc2cc(F)ccc2Cl)CCCCCC1. The van der Waals surface area contributed by atoms with E-state index in [0.29, 0.717) is 17.3 Å². The Morgan fingerprint density at radius 2 is 1.89 bits per heavy atom. The van der Waals surface area contributed by atoms with E-state index >= 15 is 0 Å². The summed E-state index contributed by atoms with van der Waals surface area (Å²) in [7, 11) is 0. The fourth-order valence-electron chi connectivity index (χ4n) is 2.46. The largest absolute Gasteiger partial charge is 0.388 e. The molecule has 0 bridgehead atoms. The lowest BCUT2D eigenvalue weighted by Crippen LogP contribution is -2.36. The lowest BCUT2D eigenvalue weighted by atomic mass is 9.94. The monoisotopic (exact) mass is 271 g/mol.